The maximum atomic E-state index is 12.7. The second-order valence-electron chi connectivity index (χ2n) is 6.69. The fraction of sp³-hybridized carbons (Fsp3) is 0.182. The van der Waals surface area contributed by atoms with Crippen molar-refractivity contribution >= 4 is 17.2 Å². The molecule has 0 aliphatic carbocycles. The van der Waals surface area contributed by atoms with Gasteiger partial charge in [-0.1, -0.05) is 35.9 Å². The fourth-order valence-corrected chi connectivity index (χ4v) is 3.38. The van der Waals surface area contributed by atoms with E-state index in [1.54, 1.807) is 53.6 Å². The number of hydrogen-bond donors (Lipinski definition) is 0. The van der Waals surface area contributed by atoms with E-state index in [4.69, 9.17) is 21.1 Å². The van der Waals surface area contributed by atoms with Gasteiger partial charge in [-0.15, -0.1) is 0 Å². The number of aryl methyl sites for hydroxylation is 1. The van der Waals surface area contributed by atoms with E-state index in [0.717, 1.165) is 16.7 Å². The van der Waals surface area contributed by atoms with Gasteiger partial charge in [0, 0.05) is 37.1 Å². The monoisotopic (exact) mass is 409 g/mol. The zero-order valence-electron chi connectivity index (χ0n) is 16.1. The van der Waals surface area contributed by atoms with Crippen LogP contribution in [-0.4, -0.2) is 21.1 Å². The van der Waals surface area contributed by atoms with Crippen LogP contribution in [0.15, 0.2) is 65.7 Å². The first-order chi connectivity index (χ1) is 14.1. The van der Waals surface area contributed by atoms with Crippen molar-refractivity contribution in [2.24, 2.45) is 7.05 Å². The molecule has 2 aromatic heterocycles. The molecule has 0 atom stereocenters. The van der Waals surface area contributed by atoms with Crippen molar-refractivity contribution in [3.05, 3.63) is 87.7 Å². The maximum absolute atomic E-state index is 12.7. The molecule has 4 rings (SSSR count). The number of aromatic nitrogens is 3. The Balaban J connectivity index is 1.76. The molecule has 7 heteroatoms. The summed E-state index contributed by atoms with van der Waals surface area (Å²) in [7, 11) is 3.39. The molecule has 2 heterocycles. The van der Waals surface area contributed by atoms with Gasteiger partial charge >= 0.3 is 5.69 Å². The van der Waals surface area contributed by atoms with Gasteiger partial charge in [0.05, 0.1) is 12.3 Å². The number of hydrogen-bond acceptors (Lipinski definition) is 4. The Morgan fingerprint density at radius 2 is 1.76 bits per heavy atom. The van der Waals surface area contributed by atoms with E-state index < -0.39 is 0 Å². The zero-order chi connectivity index (χ0) is 20.4. The smallest absolute Gasteiger partial charge is 0.333 e. The number of benzene rings is 2. The Labute approximate surface area is 172 Å². The van der Waals surface area contributed by atoms with Crippen LogP contribution in [0.4, 0.5) is 0 Å². The molecule has 0 bridgehead atoms. The summed E-state index contributed by atoms with van der Waals surface area (Å²) in [5.74, 6) is 0.685. The minimum absolute atomic E-state index is 0.168. The number of rotatable bonds is 6. The van der Waals surface area contributed by atoms with E-state index in [1.165, 1.54) is 0 Å². The minimum Gasteiger partial charge on any atom is -0.487 e. The van der Waals surface area contributed by atoms with Gasteiger partial charge in [0.2, 0.25) is 0 Å². The summed E-state index contributed by atoms with van der Waals surface area (Å²) in [6, 6.07) is 15.1. The highest BCUT2D eigenvalue weighted by Gasteiger charge is 2.15. The number of methoxy groups -OCH3 is 1. The Hall–Kier alpha value is -3.09. The van der Waals surface area contributed by atoms with Gasteiger partial charge in [0.15, 0.2) is 5.65 Å². The van der Waals surface area contributed by atoms with E-state index >= 15 is 0 Å². The van der Waals surface area contributed by atoms with Crippen molar-refractivity contribution < 1.29 is 9.47 Å². The first-order valence-electron chi connectivity index (χ1n) is 9.10. The van der Waals surface area contributed by atoms with Crippen molar-refractivity contribution in [2.75, 3.05) is 7.11 Å². The van der Waals surface area contributed by atoms with Gasteiger partial charge in [0.25, 0.3) is 0 Å². The van der Waals surface area contributed by atoms with Crippen LogP contribution < -0.4 is 10.4 Å². The zero-order valence-corrected chi connectivity index (χ0v) is 16.9. The first kappa shape index (κ1) is 19.2. The number of halogens is 1. The van der Waals surface area contributed by atoms with Gasteiger partial charge in [-0.2, -0.15) is 0 Å². The molecule has 0 unspecified atom stereocenters. The third-order valence-electron chi connectivity index (χ3n) is 4.64. The van der Waals surface area contributed by atoms with Crippen LogP contribution in [0.25, 0.3) is 16.8 Å². The fourth-order valence-electron chi connectivity index (χ4n) is 3.25. The average molecular weight is 410 g/mol. The summed E-state index contributed by atoms with van der Waals surface area (Å²) in [5, 5.41) is 0.646. The molecule has 0 radical (unpaired) electrons. The first-order valence-corrected chi connectivity index (χ1v) is 9.48. The third kappa shape index (κ3) is 3.90. The number of fused-ring (bicyclic) bond motifs is 1. The summed E-state index contributed by atoms with van der Waals surface area (Å²) in [6.07, 6.45) is 3.53. The molecule has 0 spiro atoms. The van der Waals surface area contributed by atoms with Crippen LogP contribution in [-0.2, 0) is 25.0 Å². The van der Waals surface area contributed by atoms with Crippen LogP contribution in [0.1, 0.15) is 11.3 Å². The Kier molecular flexibility index (Phi) is 5.38. The normalized spacial score (nSPS) is 11.1. The Bertz CT molecular complexity index is 1210. The number of ether oxygens (including phenoxy) is 2. The third-order valence-corrected chi connectivity index (χ3v) is 4.89. The second kappa shape index (κ2) is 8.11. The number of imidazole rings is 1. The summed E-state index contributed by atoms with van der Waals surface area (Å²) < 4.78 is 14.2. The highest BCUT2D eigenvalue weighted by Crippen LogP contribution is 2.27. The van der Waals surface area contributed by atoms with Crippen molar-refractivity contribution in [3.63, 3.8) is 0 Å². The molecule has 0 amide bonds. The lowest BCUT2D eigenvalue weighted by atomic mass is 10.0. The van der Waals surface area contributed by atoms with Crippen molar-refractivity contribution in [1.82, 2.24) is 14.0 Å². The van der Waals surface area contributed by atoms with Gasteiger partial charge in [-0.3, -0.25) is 4.40 Å². The molecule has 6 nitrogen and oxygen atoms in total. The quantitative estimate of drug-likeness (QED) is 0.481. The van der Waals surface area contributed by atoms with E-state index in [0.29, 0.717) is 28.7 Å². The van der Waals surface area contributed by atoms with E-state index in [-0.39, 0.29) is 12.3 Å². The molecule has 2 aromatic carbocycles. The molecule has 0 aliphatic heterocycles. The minimum atomic E-state index is -0.168. The highest BCUT2D eigenvalue weighted by atomic mass is 35.5. The highest BCUT2D eigenvalue weighted by molar-refractivity contribution is 6.30. The van der Waals surface area contributed by atoms with Crippen LogP contribution >= 0.6 is 11.6 Å². The average Bonchev–Trinajstić information content (AvgIpc) is 3.16. The molecule has 0 N–H and O–H groups in total. The summed E-state index contributed by atoms with van der Waals surface area (Å²) in [4.78, 5) is 17.3. The lowest BCUT2D eigenvalue weighted by Gasteiger charge is -2.11. The molecule has 0 saturated heterocycles. The Morgan fingerprint density at radius 3 is 2.52 bits per heavy atom. The second-order valence-corrected chi connectivity index (χ2v) is 7.13. The molecule has 0 fully saturated rings. The van der Waals surface area contributed by atoms with Crippen molar-refractivity contribution in [3.8, 4) is 16.9 Å². The van der Waals surface area contributed by atoms with E-state index in [9.17, 15) is 4.79 Å². The maximum Gasteiger partial charge on any atom is 0.333 e. The SMILES string of the molecule is COCc1ccccc1-c1cn(C)c(=O)n2cc(COc3ccc(Cl)cc3)nc12. The predicted molar refractivity (Wildman–Crippen MR) is 112 cm³/mol. The molecular formula is C22H20ClN3O3. The summed E-state index contributed by atoms with van der Waals surface area (Å²) in [5.41, 5.74) is 3.94. The van der Waals surface area contributed by atoms with Gasteiger partial charge in [0.1, 0.15) is 12.4 Å². The van der Waals surface area contributed by atoms with Gasteiger partial charge in [-0.05, 0) is 35.4 Å². The summed E-state index contributed by atoms with van der Waals surface area (Å²) in [6.45, 7) is 0.712. The van der Waals surface area contributed by atoms with Crippen LogP contribution in [0.5, 0.6) is 5.75 Å². The Morgan fingerprint density at radius 1 is 1.00 bits per heavy atom. The summed E-state index contributed by atoms with van der Waals surface area (Å²) >= 11 is 5.91. The number of nitrogens with zero attached hydrogens (tertiary/aromatic N) is 3. The molecule has 0 saturated carbocycles. The predicted octanol–water partition coefficient (Wildman–Crippen LogP) is 4.08. The molecule has 0 aliphatic rings. The lowest BCUT2D eigenvalue weighted by Crippen LogP contribution is -2.23. The van der Waals surface area contributed by atoms with Crippen molar-refractivity contribution in [2.45, 2.75) is 13.2 Å². The molecule has 4 aromatic rings. The van der Waals surface area contributed by atoms with E-state index in [1.807, 2.05) is 30.5 Å². The standard InChI is InChI=1S/C22H20ClN3O3/c1-25-12-20(19-6-4-3-5-15(19)13-28-2)21-24-17(11-26(21)22(25)27)14-29-18-9-7-16(23)8-10-18/h3-12H,13-14H2,1-2H3. The van der Waals surface area contributed by atoms with Crippen LogP contribution in [0.2, 0.25) is 5.02 Å². The van der Waals surface area contributed by atoms with Crippen LogP contribution in [0.3, 0.4) is 0 Å². The van der Waals surface area contributed by atoms with Gasteiger partial charge < -0.3 is 14.0 Å². The van der Waals surface area contributed by atoms with Crippen LogP contribution in [0, 0.1) is 0 Å². The molecular weight excluding hydrogens is 390 g/mol. The largest absolute Gasteiger partial charge is 0.487 e. The van der Waals surface area contributed by atoms with Crippen molar-refractivity contribution in [1.29, 1.82) is 0 Å². The van der Waals surface area contributed by atoms with E-state index in [2.05, 4.69) is 4.98 Å². The lowest BCUT2D eigenvalue weighted by molar-refractivity contribution is 0.185. The molecule has 29 heavy (non-hydrogen) atoms. The topological polar surface area (TPSA) is 57.8 Å². The molecule has 148 valence electrons. The van der Waals surface area contributed by atoms with Gasteiger partial charge in [-0.25, -0.2) is 9.78 Å².